The van der Waals surface area contributed by atoms with Gasteiger partial charge in [-0.25, -0.2) is 13.1 Å². The van der Waals surface area contributed by atoms with Gasteiger partial charge < -0.3 is 9.64 Å². The minimum atomic E-state index is -3.70. The fourth-order valence-electron chi connectivity index (χ4n) is 4.89. The zero-order valence-electron chi connectivity index (χ0n) is 18.9. The number of likely N-dealkylation sites (tertiary alicyclic amines) is 1. The van der Waals surface area contributed by atoms with E-state index in [4.69, 9.17) is 4.74 Å². The van der Waals surface area contributed by atoms with E-state index in [1.165, 1.54) is 6.92 Å². The van der Waals surface area contributed by atoms with Crippen molar-refractivity contribution in [1.82, 2.24) is 9.62 Å². The Kier molecular flexibility index (Phi) is 6.55. The van der Waals surface area contributed by atoms with Crippen LogP contribution in [0.2, 0.25) is 0 Å². The second-order valence-corrected chi connectivity index (χ2v) is 10.4. The van der Waals surface area contributed by atoms with Crippen molar-refractivity contribution in [3.05, 3.63) is 53.6 Å². The first kappa shape index (κ1) is 22.8. The number of rotatable bonds is 7. The second kappa shape index (κ2) is 9.21. The average molecular weight is 458 g/mol. The van der Waals surface area contributed by atoms with Crippen LogP contribution in [0.4, 0.5) is 5.69 Å². The molecular formula is C24H31N3O4S. The Bertz CT molecular complexity index is 1100. The highest BCUT2D eigenvalue weighted by molar-refractivity contribution is 7.89. The van der Waals surface area contributed by atoms with E-state index in [1.54, 1.807) is 30.2 Å². The van der Waals surface area contributed by atoms with Gasteiger partial charge in [-0.2, -0.15) is 0 Å². The van der Waals surface area contributed by atoms with Gasteiger partial charge in [0.25, 0.3) is 0 Å². The smallest absolute Gasteiger partial charge is 0.240 e. The predicted molar refractivity (Wildman–Crippen MR) is 124 cm³/mol. The second-order valence-electron chi connectivity index (χ2n) is 8.62. The van der Waals surface area contributed by atoms with E-state index in [2.05, 4.69) is 9.62 Å². The van der Waals surface area contributed by atoms with Crippen LogP contribution in [-0.4, -0.2) is 52.0 Å². The van der Waals surface area contributed by atoms with Gasteiger partial charge in [0.15, 0.2) is 0 Å². The lowest BCUT2D eigenvalue weighted by molar-refractivity contribution is -0.116. The summed E-state index contributed by atoms with van der Waals surface area (Å²) in [7, 11) is -2.06. The fourth-order valence-corrected chi connectivity index (χ4v) is 5.97. The third-order valence-electron chi connectivity index (χ3n) is 6.44. The maximum absolute atomic E-state index is 13.2. The SMILES string of the molecule is COc1cccc([C@@H](CNS(=O)(=O)c2ccc3c(c2)C[C@@H](C)N3C(C)=O)N2CCCC2)c1. The Morgan fingerprint density at radius 2 is 1.94 bits per heavy atom. The fraction of sp³-hybridized carbons (Fsp3) is 0.458. The van der Waals surface area contributed by atoms with Crippen molar-refractivity contribution < 1.29 is 17.9 Å². The number of carbonyl (C=O) groups is 1. The van der Waals surface area contributed by atoms with Gasteiger partial charge in [-0.3, -0.25) is 9.69 Å². The van der Waals surface area contributed by atoms with Gasteiger partial charge in [0, 0.05) is 31.2 Å². The van der Waals surface area contributed by atoms with Crippen LogP contribution in [0.5, 0.6) is 5.75 Å². The van der Waals surface area contributed by atoms with Gasteiger partial charge in [0.2, 0.25) is 15.9 Å². The topological polar surface area (TPSA) is 79.0 Å². The van der Waals surface area contributed by atoms with Crippen molar-refractivity contribution in [1.29, 1.82) is 0 Å². The number of methoxy groups -OCH3 is 1. The number of anilines is 1. The van der Waals surface area contributed by atoms with E-state index >= 15 is 0 Å². The number of nitrogens with one attached hydrogen (secondary N) is 1. The normalized spacial score (nSPS) is 19.7. The van der Waals surface area contributed by atoms with Crippen molar-refractivity contribution in [3.63, 3.8) is 0 Å². The minimum absolute atomic E-state index is 0.0287. The minimum Gasteiger partial charge on any atom is -0.497 e. The van der Waals surface area contributed by atoms with E-state index in [0.717, 1.165) is 48.5 Å². The Balaban J connectivity index is 1.55. The van der Waals surface area contributed by atoms with E-state index < -0.39 is 10.0 Å². The Morgan fingerprint density at radius 3 is 2.62 bits per heavy atom. The molecule has 4 rings (SSSR count). The average Bonchev–Trinajstić information content (AvgIpc) is 3.40. The largest absolute Gasteiger partial charge is 0.497 e. The van der Waals surface area contributed by atoms with Crippen LogP contribution in [0.15, 0.2) is 47.4 Å². The molecule has 1 amide bonds. The van der Waals surface area contributed by atoms with Crippen molar-refractivity contribution in [2.24, 2.45) is 0 Å². The summed E-state index contributed by atoms with van der Waals surface area (Å²) in [4.78, 5) is 16.3. The Hall–Kier alpha value is -2.42. The molecule has 0 spiro atoms. The van der Waals surface area contributed by atoms with Gasteiger partial charge in [-0.15, -0.1) is 0 Å². The van der Waals surface area contributed by atoms with Crippen LogP contribution in [0, 0.1) is 0 Å². The maximum Gasteiger partial charge on any atom is 0.240 e. The first-order valence-electron chi connectivity index (χ1n) is 11.1. The molecule has 0 unspecified atom stereocenters. The Morgan fingerprint density at radius 1 is 1.19 bits per heavy atom. The number of fused-ring (bicyclic) bond motifs is 1. The maximum atomic E-state index is 13.2. The first-order valence-corrected chi connectivity index (χ1v) is 12.6. The highest BCUT2D eigenvalue weighted by Gasteiger charge is 2.31. The summed E-state index contributed by atoms with van der Waals surface area (Å²) in [5.41, 5.74) is 2.73. The lowest BCUT2D eigenvalue weighted by Crippen LogP contribution is -2.36. The first-order chi connectivity index (χ1) is 15.3. The van der Waals surface area contributed by atoms with E-state index in [0.29, 0.717) is 6.42 Å². The molecule has 2 aromatic rings. The molecule has 0 aliphatic carbocycles. The number of sulfonamides is 1. The van der Waals surface area contributed by atoms with Gasteiger partial charge >= 0.3 is 0 Å². The molecule has 2 aromatic carbocycles. The van der Waals surface area contributed by atoms with E-state index in [-0.39, 0.29) is 29.4 Å². The molecule has 2 aliphatic heterocycles. The summed E-state index contributed by atoms with van der Waals surface area (Å²) in [6.07, 6.45) is 2.88. The quantitative estimate of drug-likeness (QED) is 0.691. The summed E-state index contributed by atoms with van der Waals surface area (Å²) in [5.74, 6) is 0.731. The van der Waals surface area contributed by atoms with Gasteiger partial charge in [0.05, 0.1) is 12.0 Å². The molecule has 1 N–H and O–H groups in total. The number of hydrogen-bond acceptors (Lipinski definition) is 5. The zero-order chi connectivity index (χ0) is 22.9. The third-order valence-corrected chi connectivity index (χ3v) is 7.86. The lowest BCUT2D eigenvalue weighted by atomic mass is 10.1. The van der Waals surface area contributed by atoms with Crippen LogP contribution >= 0.6 is 0 Å². The van der Waals surface area contributed by atoms with Crippen LogP contribution in [-0.2, 0) is 21.2 Å². The van der Waals surface area contributed by atoms with Gasteiger partial charge in [-0.1, -0.05) is 12.1 Å². The molecule has 1 saturated heterocycles. The Labute approximate surface area is 190 Å². The van der Waals surface area contributed by atoms with Crippen molar-refractivity contribution in [2.75, 3.05) is 31.6 Å². The molecule has 0 radical (unpaired) electrons. The van der Waals surface area contributed by atoms with E-state index in [9.17, 15) is 13.2 Å². The zero-order valence-corrected chi connectivity index (χ0v) is 19.7. The molecule has 0 saturated carbocycles. The number of carbonyl (C=O) groups excluding carboxylic acids is 1. The van der Waals surface area contributed by atoms with Crippen molar-refractivity contribution in [3.8, 4) is 5.75 Å². The molecule has 0 bridgehead atoms. The summed E-state index contributed by atoms with van der Waals surface area (Å²) in [6, 6.07) is 12.8. The molecule has 0 aromatic heterocycles. The molecule has 2 atom stereocenters. The standard InChI is InChI=1S/C24H31N3O4S/c1-17-13-20-15-22(9-10-23(20)27(17)18(2)28)32(29,30)25-16-24(26-11-4-5-12-26)19-7-6-8-21(14-19)31-3/h6-10,14-15,17,24-25H,4-5,11-13,16H2,1-3H3/t17-,24-/m1/s1. The molecule has 172 valence electrons. The predicted octanol–water partition coefficient (Wildman–Crippen LogP) is 3.11. The van der Waals surface area contributed by atoms with Crippen molar-refractivity contribution in [2.45, 2.75) is 50.1 Å². The van der Waals surface area contributed by atoms with Crippen LogP contribution in [0.1, 0.15) is 43.9 Å². The number of amides is 1. The molecule has 7 nitrogen and oxygen atoms in total. The highest BCUT2D eigenvalue weighted by atomic mass is 32.2. The van der Waals surface area contributed by atoms with Crippen LogP contribution in [0.3, 0.4) is 0 Å². The molecule has 2 heterocycles. The van der Waals surface area contributed by atoms with Crippen LogP contribution < -0.4 is 14.4 Å². The summed E-state index contributed by atoms with van der Waals surface area (Å²) < 4.78 is 34.5. The number of hydrogen-bond donors (Lipinski definition) is 1. The summed E-state index contributed by atoms with van der Waals surface area (Å²) in [5, 5.41) is 0. The molecule has 8 heteroatoms. The summed E-state index contributed by atoms with van der Waals surface area (Å²) in [6.45, 7) is 5.68. The number of nitrogens with zero attached hydrogens (tertiary/aromatic N) is 2. The van der Waals surface area contributed by atoms with Crippen molar-refractivity contribution >= 4 is 21.6 Å². The molecular weight excluding hydrogens is 426 g/mol. The number of benzene rings is 2. The summed E-state index contributed by atoms with van der Waals surface area (Å²) >= 11 is 0. The highest BCUT2D eigenvalue weighted by Crippen LogP contribution is 2.34. The monoisotopic (exact) mass is 457 g/mol. The molecule has 2 aliphatic rings. The van der Waals surface area contributed by atoms with Gasteiger partial charge in [0.1, 0.15) is 5.75 Å². The molecule has 32 heavy (non-hydrogen) atoms. The molecule has 1 fully saturated rings. The lowest BCUT2D eigenvalue weighted by Gasteiger charge is -2.28. The van der Waals surface area contributed by atoms with Crippen LogP contribution in [0.25, 0.3) is 0 Å². The third kappa shape index (κ3) is 4.53. The number of ether oxygens (including phenoxy) is 1. The van der Waals surface area contributed by atoms with Gasteiger partial charge in [-0.05, 0) is 80.7 Å². The van der Waals surface area contributed by atoms with E-state index in [1.807, 2.05) is 31.2 Å².